The molecular formula is C51H62N2O2S4. The highest BCUT2D eigenvalue weighted by atomic mass is 32.2. The molecule has 0 unspecified atom stereocenters. The maximum Gasteiger partial charge on any atom is 0.119 e. The molecular weight excluding hydrogens is 801 g/mol. The second-order valence-corrected chi connectivity index (χ2v) is 20.0. The van der Waals surface area contributed by atoms with E-state index in [0.29, 0.717) is 0 Å². The van der Waals surface area contributed by atoms with Gasteiger partial charge in [-0.3, -0.25) is 9.98 Å². The van der Waals surface area contributed by atoms with E-state index in [1.807, 2.05) is 108 Å². The van der Waals surface area contributed by atoms with Crippen LogP contribution in [0, 0.1) is 5.41 Å². The first-order valence-electron chi connectivity index (χ1n) is 21.6. The van der Waals surface area contributed by atoms with E-state index < -0.39 is 0 Å². The lowest BCUT2D eigenvalue weighted by Gasteiger charge is -2.30. The summed E-state index contributed by atoms with van der Waals surface area (Å²) >= 11 is 8.18. The van der Waals surface area contributed by atoms with Crippen LogP contribution in [0.15, 0.2) is 117 Å². The Balaban J connectivity index is 0.970. The molecule has 0 atom stereocenters. The summed E-state index contributed by atoms with van der Waals surface area (Å²) in [5, 5.41) is 0. The molecule has 2 aliphatic heterocycles. The lowest BCUT2D eigenvalue weighted by atomic mass is 9.99. The van der Waals surface area contributed by atoms with Crippen LogP contribution in [-0.4, -0.2) is 48.7 Å². The molecule has 6 rings (SSSR count). The van der Waals surface area contributed by atoms with Crippen molar-refractivity contribution in [2.45, 2.75) is 91.9 Å². The van der Waals surface area contributed by atoms with Crippen molar-refractivity contribution >= 4 is 80.7 Å². The Morgan fingerprint density at radius 2 is 0.847 bits per heavy atom. The molecule has 4 nitrogen and oxygen atoms in total. The first-order chi connectivity index (χ1) is 28.9. The van der Waals surface area contributed by atoms with Crippen LogP contribution in [0.25, 0.3) is 9.81 Å². The van der Waals surface area contributed by atoms with Gasteiger partial charge in [0.1, 0.15) is 11.5 Å². The van der Waals surface area contributed by atoms with Gasteiger partial charge in [0, 0.05) is 50.7 Å². The van der Waals surface area contributed by atoms with E-state index >= 15 is 0 Å². The quantitative estimate of drug-likeness (QED) is 0.0651. The highest BCUT2D eigenvalue weighted by Crippen LogP contribution is 2.52. The van der Waals surface area contributed by atoms with Crippen LogP contribution in [0.1, 0.15) is 114 Å². The zero-order valence-corrected chi connectivity index (χ0v) is 38.8. The third-order valence-corrected chi connectivity index (χ3v) is 16.9. The van der Waals surface area contributed by atoms with Crippen LogP contribution < -0.4 is 9.47 Å². The number of rotatable bonds is 20. The monoisotopic (exact) mass is 862 g/mol. The van der Waals surface area contributed by atoms with Crippen molar-refractivity contribution in [2.24, 2.45) is 15.4 Å². The predicted octanol–water partition coefficient (Wildman–Crippen LogP) is 15.9. The molecule has 8 heteroatoms. The predicted molar refractivity (Wildman–Crippen MR) is 266 cm³/mol. The normalized spacial score (nSPS) is 17.6. The minimum absolute atomic E-state index is 0.250. The average Bonchev–Trinajstić information content (AvgIpc) is 3.54. The molecule has 312 valence electrons. The van der Waals surface area contributed by atoms with E-state index in [1.165, 1.54) is 82.1 Å². The summed E-state index contributed by atoms with van der Waals surface area (Å²) in [4.78, 5) is 15.2. The van der Waals surface area contributed by atoms with Crippen molar-refractivity contribution < 1.29 is 9.47 Å². The minimum atomic E-state index is 0.250. The highest BCUT2D eigenvalue weighted by molar-refractivity contribution is 8.13. The number of hydrogen-bond acceptors (Lipinski definition) is 8. The summed E-state index contributed by atoms with van der Waals surface area (Å²) in [5.41, 5.74) is 6.93. The summed E-state index contributed by atoms with van der Waals surface area (Å²) in [6.45, 7) is 10.7. The fourth-order valence-corrected chi connectivity index (χ4v) is 13.1. The third-order valence-electron chi connectivity index (χ3n) is 10.7. The summed E-state index contributed by atoms with van der Waals surface area (Å²) in [7, 11) is 0. The maximum atomic E-state index is 5.93. The van der Waals surface area contributed by atoms with Crippen LogP contribution in [-0.2, 0) is 0 Å². The number of benzene rings is 4. The Labute approximate surface area is 372 Å². The molecule has 0 bridgehead atoms. The summed E-state index contributed by atoms with van der Waals surface area (Å²) in [5.74, 6) is 6.37. The largest absolute Gasteiger partial charge is 0.494 e. The van der Waals surface area contributed by atoms with E-state index in [1.54, 1.807) is 0 Å². The number of nitrogens with zero attached hydrogens (tertiary/aromatic N) is 2. The Hall–Kier alpha value is -3.30. The Morgan fingerprint density at radius 1 is 0.475 bits per heavy atom. The number of aliphatic imine (C=N–C) groups is 2. The lowest BCUT2D eigenvalue weighted by Crippen LogP contribution is -2.31. The molecule has 59 heavy (non-hydrogen) atoms. The van der Waals surface area contributed by atoms with Gasteiger partial charge in [-0.15, -0.1) is 47.0 Å². The molecule has 2 aliphatic rings. The van der Waals surface area contributed by atoms with E-state index in [2.05, 4.69) is 76.2 Å². The minimum Gasteiger partial charge on any atom is -0.494 e. The van der Waals surface area contributed by atoms with Crippen LogP contribution in [0.2, 0.25) is 0 Å². The molecule has 0 saturated heterocycles. The van der Waals surface area contributed by atoms with E-state index in [0.717, 1.165) is 83.1 Å². The first kappa shape index (κ1) is 45.2. The number of unbranched alkanes of at least 4 members (excludes halogenated alkanes) is 8. The van der Waals surface area contributed by atoms with Crippen molar-refractivity contribution in [1.29, 1.82) is 0 Å². The van der Waals surface area contributed by atoms with Crippen LogP contribution in [0.3, 0.4) is 0 Å². The molecule has 4 aromatic carbocycles. The molecule has 0 amide bonds. The van der Waals surface area contributed by atoms with E-state index in [9.17, 15) is 0 Å². The Bertz CT molecular complexity index is 1860. The standard InChI is InChI=1S/C51H62N2O2S4/c1-5-7-9-11-13-31-54-47-27-23-45(24-28-47)52-33-41-15-19-43(20-16-41)49-39(3)56-35-51(37-58-49)36-57-40(4)50(59-38-51)44-21-17-42(18-22-44)34-53-46-25-29-48(30-26-46)55-32-14-12-10-8-6-2/h15-30,33-34H,5-14,31-32,35-38H2,1-4H3. The van der Waals surface area contributed by atoms with Crippen molar-refractivity contribution in [2.75, 3.05) is 36.2 Å². The second kappa shape index (κ2) is 24.2. The summed E-state index contributed by atoms with van der Waals surface area (Å²) in [6.07, 6.45) is 16.4. The van der Waals surface area contributed by atoms with Gasteiger partial charge >= 0.3 is 0 Å². The molecule has 0 fully saturated rings. The maximum absolute atomic E-state index is 5.93. The van der Waals surface area contributed by atoms with Gasteiger partial charge in [0.25, 0.3) is 0 Å². The second-order valence-electron chi connectivity index (χ2n) is 15.7. The molecule has 4 aromatic rings. The van der Waals surface area contributed by atoms with Gasteiger partial charge in [-0.2, -0.15) is 0 Å². The van der Waals surface area contributed by atoms with Gasteiger partial charge in [-0.25, -0.2) is 0 Å². The fraction of sp³-hybridized carbons (Fsp3) is 0.412. The Kier molecular flexibility index (Phi) is 18.6. The van der Waals surface area contributed by atoms with Crippen LogP contribution >= 0.6 is 47.0 Å². The number of thioether (sulfide) groups is 4. The zero-order chi connectivity index (χ0) is 41.1. The smallest absolute Gasteiger partial charge is 0.119 e. The number of allylic oxidation sites excluding steroid dienone is 2. The molecule has 0 aromatic heterocycles. The average molecular weight is 863 g/mol. The van der Waals surface area contributed by atoms with Crippen molar-refractivity contribution in [3.05, 3.63) is 129 Å². The third kappa shape index (κ3) is 14.4. The molecule has 0 saturated carbocycles. The summed E-state index contributed by atoms with van der Waals surface area (Å²) in [6, 6.07) is 34.1. The molecule has 1 spiro atoms. The topological polar surface area (TPSA) is 43.2 Å². The van der Waals surface area contributed by atoms with Gasteiger partial charge in [-0.1, -0.05) is 114 Å². The van der Waals surface area contributed by atoms with Gasteiger partial charge in [0.2, 0.25) is 0 Å². The fourth-order valence-electron chi connectivity index (χ4n) is 6.92. The number of hydrogen-bond donors (Lipinski definition) is 0. The van der Waals surface area contributed by atoms with Gasteiger partial charge < -0.3 is 9.47 Å². The molecule has 0 aliphatic carbocycles. The highest BCUT2D eigenvalue weighted by Gasteiger charge is 2.36. The Morgan fingerprint density at radius 3 is 1.24 bits per heavy atom. The SMILES string of the molecule is CCCCCCCOc1ccc(N=Cc2ccc(C3=C(C)SCC4(CSC(C)=C(c5ccc(C=Nc6ccc(OCCCCCCC)cc6)cc5)SC4)CS3)cc2)cc1. The van der Waals surface area contributed by atoms with Crippen molar-refractivity contribution in [1.82, 2.24) is 0 Å². The van der Waals surface area contributed by atoms with Crippen LogP contribution in [0.4, 0.5) is 11.4 Å². The van der Waals surface area contributed by atoms with E-state index in [4.69, 9.17) is 19.5 Å². The lowest BCUT2D eigenvalue weighted by molar-refractivity contribution is 0.304. The van der Waals surface area contributed by atoms with Gasteiger partial charge in [0.05, 0.1) is 24.6 Å². The van der Waals surface area contributed by atoms with Gasteiger partial charge in [0.15, 0.2) is 0 Å². The number of ether oxygens (including phenoxy) is 2. The van der Waals surface area contributed by atoms with E-state index in [-0.39, 0.29) is 5.41 Å². The molecule has 0 N–H and O–H groups in total. The summed E-state index contributed by atoms with van der Waals surface area (Å²) < 4.78 is 11.9. The molecule has 0 radical (unpaired) electrons. The zero-order valence-electron chi connectivity index (χ0n) is 35.5. The van der Waals surface area contributed by atoms with Crippen molar-refractivity contribution in [3.63, 3.8) is 0 Å². The van der Waals surface area contributed by atoms with Gasteiger partial charge in [-0.05, 0) is 107 Å². The van der Waals surface area contributed by atoms with Crippen molar-refractivity contribution in [3.8, 4) is 11.5 Å². The van der Waals surface area contributed by atoms with Crippen LogP contribution in [0.5, 0.6) is 11.5 Å². The molecule has 2 heterocycles. The first-order valence-corrected chi connectivity index (χ1v) is 25.6.